The van der Waals surface area contributed by atoms with E-state index < -0.39 is 0 Å². The van der Waals surface area contributed by atoms with Crippen LogP contribution >= 0.6 is 0 Å². The predicted molar refractivity (Wildman–Crippen MR) is 106 cm³/mol. The van der Waals surface area contributed by atoms with E-state index in [1.54, 1.807) is 17.0 Å². The Labute approximate surface area is 161 Å². The highest BCUT2D eigenvalue weighted by molar-refractivity contribution is 5.73. The fraction of sp³-hybridized carbons (Fsp3) is 0.350. The number of fused-ring (bicyclic) bond motifs is 1. The van der Waals surface area contributed by atoms with Crippen molar-refractivity contribution in [3.63, 3.8) is 0 Å². The third-order valence-electron chi connectivity index (χ3n) is 5.51. The van der Waals surface area contributed by atoms with Gasteiger partial charge in [0.15, 0.2) is 11.3 Å². The van der Waals surface area contributed by atoms with Crippen molar-refractivity contribution in [1.29, 1.82) is 0 Å². The molecule has 1 saturated carbocycles. The average molecular weight is 375 g/mol. The summed E-state index contributed by atoms with van der Waals surface area (Å²) < 4.78 is 1.75. The van der Waals surface area contributed by atoms with Crippen LogP contribution in [0.3, 0.4) is 0 Å². The molecule has 1 aromatic carbocycles. The predicted octanol–water partition coefficient (Wildman–Crippen LogP) is 3.15. The minimum absolute atomic E-state index is 0.130. The van der Waals surface area contributed by atoms with Crippen LogP contribution in [0.1, 0.15) is 32.1 Å². The van der Waals surface area contributed by atoms with E-state index in [1.807, 2.05) is 24.3 Å². The molecule has 142 valence electrons. The van der Waals surface area contributed by atoms with E-state index in [-0.39, 0.29) is 5.69 Å². The van der Waals surface area contributed by atoms with E-state index in [9.17, 15) is 4.79 Å². The number of benzene rings is 1. The van der Waals surface area contributed by atoms with Crippen LogP contribution < -0.4 is 5.69 Å². The molecule has 0 aliphatic heterocycles. The zero-order valence-corrected chi connectivity index (χ0v) is 15.4. The average Bonchev–Trinajstić information content (AvgIpc) is 3.37. The summed E-state index contributed by atoms with van der Waals surface area (Å²) in [6, 6.07) is 7.92. The molecule has 1 aliphatic carbocycles. The fourth-order valence-electron chi connectivity index (χ4n) is 4.04. The molecule has 0 spiro atoms. The second-order valence-electron chi connectivity index (χ2n) is 7.41. The van der Waals surface area contributed by atoms with E-state index in [0.717, 1.165) is 22.5 Å². The number of imidazole rings is 1. The molecule has 0 unspecified atom stereocenters. The van der Waals surface area contributed by atoms with Gasteiger partial charge in [0, 0.05) is 17.7 Å². The Morgan fingerprint density at radius 2 is 1.89 bits per heavy atom. The molecule has 0 bridgehead atoms. The van der Waals surface area contributed by atoms with Crippen LogP contribution in [0, 0.1) is 5.92 Å². The molecule has 28 heavy (non-hydrogen) atoms. The lowest BCUT2D eigenvalue weighted by Gasteiger charge is -2.21. The van der Waals surface area contributed by atoms with Crippen LogP contribution in [-0.4, -0.2) is 34.9 Å². The van der Waals surface area contributed by atoms with Gasteiger partial charge in [-0.05, 0) is 24.8 Å². The molecule has 0 saturated heterocycles. The van der Waals surface area contributed by atoms with Crippen molar-refractivity contribution in [3.05, 3.63) is 47.1 Å². The summed E-state index contributed by atoms with van der Waals surface area (Å²) in [5, 5.41) is 10.6. The van der Waals surface area contributed by atoms with Crippen molar-refractivity contribution in [2.24, 2.45) is 5.92 Å². The summed E-state index contributed by atoms with van der Waals surface area (Å²) in [6.45, 7) is 0.704. The maximum absolute atomic E-state index is 12.5. The lowest BCUT2D eigenvalue weighted by Crippen LogP contribution is -2.23. The van der Waals surface area contributed by atoms with Crippen molar-refractivity contribution in [2.45, 2.75) is 38.6 Å². The van der Waals surface area contributed by atoms with Crippen LogP contribution in [0.25, 0.3) is 33.8 Å². The van der Waals surface area contributed by atoms with Gasteiger partial charge in [0.05, 0.1) is 18.1 Å². The van der Waals surface area contributed by atoms with Gasteiger partial charge >= 0.3 is 5.69 Å². The molecule has 8 heteroatoms. The topological polar surface area (TPSA) is 105 Å². The first-order valence-electron chi connectivity index (χ1n) is 9.70. The highest BCUT2D eigenvalue weighted by Gasteiger charge is 2.18. The Morgan fingerprint density at radius 3 is 2.68 bits per heavy atom. The summed E-state index contributed by atoms with van der Waals surface area (Å²) in [5.74, 6) is 0.534. The largest absolute Gasteiger partial charge is 0.328 e. The molecule has 3 heterocycles. The molecule has 0 amide bonds. The van der Waals surface area contributed by atoms with Crippen molar-refractivity contribution >= 4 is 11.3 Å². The normalized spacial score (nSPS) is 15.3. The van der Waals surface area contributed by atoms with Gasteiger partial charge in [0.25, 0.3) is 0 Å². The second-order valence-corrected chi connectivity index (χ2v) is 7.41. The molecule has 0 atom stereocenters. The molecule has 1 fully saturated rings. The minimum Gasteiger partial charge on any atom is -0.289 e. The molecule has 2 N–H and O–H groups in total. The van der Waals surface area contributed by atoms with Gasteiger partial charge in [-0.2, -0.15) is 15.4 Å². The third-order valence-corrected chi connectivity index (χ3v) is 5.51. The number of nitrogens with one attached hydrogen (secondary N) is 2. The SMILES string of the molecule is O=c1[nH]c2ncc(-c3cccc(-c4cn[nH]n4)c3)nc2n1CC1CCCCC1. The monoisotopic (exact) mass is 375 g/mol. The highest BCUT2D eigenvalue weighted by atomic mass is 16.1. The lowest BCUT2D eigenvalue weighted by molar-refractivity contribution is 0.319. The van der Waals surface area contributed by atoms with Crippen molar-refractivity contribution in [1.82, 2.24) is 34.9 Å². The zero-order valence-electron chi connectivity index (χ0n) is 15.4. The Balaban J connectivity index is 1.53. The van der Waals surface area contributed by atoms with Gasteiger partial charge in [0.2, 0.25) is 0 Å². The van der Waals surface area contributed by atoms with Gasteiger partial charge in [-0.3, -0.25) is 9.55 Å². The van der Waals surface area contributed by atoms with Crippen LogP contribution in [0.4, 0.5) is 0 Å². The van der Waals surface area contributed by atoms with Gasteiger partial charge in [-0.15, -0.1) is 0 Å². The van der Waals surface area contributed by atoms with Crippen molar-refractivity contribution < 1.29 is 0 Å². The van der Waals surface area contributed by atoms with E-state index >= 15 is 0 Å². The van der Waals surface area contributed by atoms with Gasteiger partial charge in [-0.25, -0.2) is 14.8 Å². The Kier molecular flexibility index (Phi) is 4.23. The van der Waals surface area contributed by atoms with Crippen LogP contribution in [0.15, 0.2) is 41.5 Å². The van der Waals surface area contributed by atoms with E-state index in [1.165, 1.54) is 32.1 Å². The smallest absolute Gasteiger partial charge is 0.289 e. The first-order valence-corrected chi connectivity index (χ1v) is 9.70. The molecule has 5 rings (SSSR count). The number of H-pyrrole nitrogens is 2. The van der Waals surface area contributed by atoms with Gasteiger partial charge in [-0.1, -0.05) is 37.5 Å². The summed E-state index contributed by atoms with van der Waals surface area (Å²) in [6.07, 6.45) is 9.51. The van der Waals surface area contributed by atoms with E-state index in [0.29, 0.717) is 23.8 Å². The number of nitrogens with zero attached hydrogens (tertiary/aromatic N) is 5. The maximum Gasteiger partial charge on any atom is 0.328 e. The number of aromatic nitrogens is 7. The quantitative estimate of drug-likeness (QED) is 0.570. The van der Waals surface area contributed by atoms with Gasteiger partial charge < -0.3 is 0 Å². The molecule has 0 radical (unpaired) electrons. The summed E-state index contributed by atoms with van der Waals surface area (Å²) in [5.41, 5.74) is 4.40. The first kappa shape index (κ1) is 16.9. The standard InChI is InChI=1S/C20H21N7O/c28-20-24-18-19(27(20)12-13-5-2-1-3-6-13)23-16(10-21-18)14-7-4-8-15(9-14)17-11-22-26-25-17/h4,7-11,13H,1-3,5-6,12H2,(H,21,24,28)(H,22,25,26). The third kappa shape index (κ3) is 3.11. The zero-order chi connectivity index (χ0) is 18.9. The van der Waals surface area contributed by atoms with E-state index in [4.69, 9.17) is 4.98 Å². The number of hydrogen-bond donors (Lipinski definition) is 2. The van der Waals surface area contributed by atoms with E-state index in [2.05, 4.69) is 25.4 Å². The summed E-state index contributed by atoms with van der Waals surface area (Å²) in [4.78, 5) is 24.5. The molecule has 3 aromatic heterocycles. The number of aromatic amines is 2. The Morgan fingerprint density at radius 1 is 1.07 bits per heavy atom. The highest BCUT2D eigenvalue weighted by Crippen LogP contribution is 2.27. The Hall–Kier alpha value is -3.29. The minimum atomic E-state index is -0.130. The molecule has 8 nitrogen and oxygen atoms in total. The molecular weight excluding hydrogens is 354 g/mol. The fourth-order valence-corrected chi connectivity index (χ4v) is 4.04. The Bertz CT molecular complexity index is 1150. The first-order chi connectivity index (χ1) is 13.8. The second kappa shape index (κ2) is 7.03. The van der Waals surface area contributed by atoms with Crippen LogP contribution in [-0.2, 0) is 6.54 Å². The summed E-state index contributed by atoms with van der Waals surface area (Å²) in [7, 11) is 0. The van der Waals surface area contributed by atoms with Crippen LogP contribution in [0.5, 0.6) is 0 Å². The lowest BCUT2D eigenvalue weighted by atomic mass is 9.89. The maximum atomic E-state index is 12.5. The molecular formula is C20H21N7O. The molecule has 4 aromatic rings. The number of rotatable bonds is 4. The van der Waals surface area contributed by atoms with Gasteiger partial charge in [0.1, 0.15) is 5.69 Å². The molecule has 1 aliphatic rings. The van der Waals surface area contributed by atoms with Crippen molar-refractivity contribution in [3.8, 4) is 22.5 Å². The number of hydrogen-bond acceptors (Lipinski definition) is 5. The van der Waals surface area contributed by atoms with Crippen LogP contribution in [0.2, 0.25) is 0 Å². The summed E-state index contributed by atoms with van der Waals surface area (Å²) >= 11 is 0. The van der Waals surface area contributed by atoms with Crippen molar-refractivity contribution in [2.75, 3.05) is 0 Å².